The van der Waals surface area contributed by atoms with Gasteiger partial charge in [0, 0.05) is 4.88 Å². The fourth-order valence-corrected chi connectivity index (χ4v) is 5.41. The van der Waals surface area contributed by atoms with Crippen LogP contribution in [0.1, 0.15) is 47.0 Å². The summed E-state index contributed by atoms with van der Waals surface area (Å²) >= 11 is 2.49. The molecule has 1 amide bonds. The monoisotopic (exact) mass is 475 g/mol. The number of benzene rings is 1. The summed E-state index contributed by atoms with van der Waals surface area (Å²) in [5, 5.41) is 11.3. The van der Waals surface area contributed by atoms with Crippen LogP contribution in [0.2, 0.25) is 0 Å². The van der Waals surface area contributed by atoms with Crippen LogP contribution < -0.4 is 5.32 Å². The van der Waals surface area contributed by atoms with Gasteiger partial charge < -0.3 is 14.5 Å². The Kier molecular flexibility index (Phi) is 7.21. The molecule has 1 aliphatic carbocycles. The van der Waals surface area contributed by atoms with Gasteiger partial charge in [-0.25, -0.2) is 9.18 Å². The average Bonchev–Trinajstić information content (AvgIpc) is 3.31. The third-order valence-corrected chi connectivity index (χ3v) is 7.02. The molecule has 0 bridgehead atoms. The first kappa shape index (κ1) is 22.5. The zero-order valence-electron chi connectivity index (χ0n) is 17.5. The van der Waals surface area contributed by atoms with Crippen molar-refractivity contribution in [2.45, 2.75) is 44.3 Å². The topological polar surface area (TPSA) is 94.3 Å². The number of esters is 1. The number of nitrogens with one attached hydrogen (secondary N) is 1. The molecule has 0 unspecified atom stereocenters. The lowest BCUT2D eigenvalue weighted by Gasteiger charge is -2.08. The largest absolute Gasteiger partial charge is 0.462 e. The minimum absolute atomic E-state index is 0.00371. The summed E-state index contributed by atoms with van der Waals surface area (Å²) in [6, 6.07) is 6.10. The molecule has 2 aromatic heterocycles. The maximum absolute atomic E-state index is 13.9. The number of thiophene rings is 1. The molecule has 0 saturated carbocycles. The summed E-state index contributed by atoms with van der Waals surface area (Å²) in [4.78, 5) is 26.3. The highest BCUT2D eigenvalue weighted by Crippen LogP contribution is 2.38. The van der Waals surface area contributed by atoms with Gasteiger partial charge in [0.25, 0.3) is 11.1 Å². The predicted molar refractivity (Wildman–Crippen MR) is 121 cm³/mol. The Morgan fingerprint density at radius 3 is 2.84 bits per heavy atom. The number of carbonyl (C=O) groups excluding carboxylic acids is 2. The van der Waals surface area contributed by atoms with Crippen LogP contribution in [0.25, 0.3) is 11.5 Å². The van der Waals surface area contributed by atoms with Crippen molar-refractivity contribution in [2.75, 3.05) is 17.7 Å². The van der Waals surface area contributed by atoms with E-state index >= 15 is 0 Å². The Hall–Kier alpha value is -2.72. The molecular weight excluding hydrogens is 453 g/mol. The van der Waals surface area contributed by atoms with Gasteiger partial charge in [0.05, 0.1) is 23.5 Å². The van der Waals surface area contributed by atoms with Gasteiger partial charge in [-0.15, -0.1) is 21.5 Å². The zero-order valence-corrected chi connectivity index (χ0v) is 19.1. The predicted octanol–water partition coefficient (Wildman–Crippen LogP) is 5.11. The van der Waals surface area contributed by atoms with E-state index < -0.39 is 11.8 Å². The second-order valence-corrected chi connectivity index (χ2v) is 9.21. The molecule has 7 nitrogen and oxygen atoms in total. The van der Waals surface area contributed by atoms with Crippen molar-refractivity contribution in [3.05, 3.63) is 46.1 Å². The van der Waals surface area contributed by atoms with E-state index in [0.29, 0.717) is 10.6 Å². The van der Waals surface area contributed by atoms with E-state index in [9.17, 15) is 14.0 Å². The molecular formula is C22H22FN3O4S2. The van der Waals surface area contributed by atoms with E-state index in [-0.39, 0.29) is 34.9 Å². The molecule has 0 saturated heterocycles. The smallest absolute Gasteiger partial charge is 0.341 e. The first-order valence-electron chi connectivity index (χ1n) is 10.4. The third kappa shape index (κ3) is 5.02. The summed E-state index contributed by atoms with van der Waals surface area (Å²) in [6.07, 6.45) is 4.92. The summed E-state index contributed by atoms with van der Waals surface area (Å²) in [5.41, 5.74) is 1.68. The highest BCUT2D eigenvalue weighted by atomic mass is 32.2. The van der Waals surface area contributed by atoms with Gasteiger partial charge in [0.15, 0.2) is 0 Å². The standard InChI is InChI=1S/C22H22FN3O4S2/c1-2-29-21(28)18-14-9-4-3-5-11-16(14)32-20(18)24-17(27)12-31-22-26-25-19(30-22)13-8-6-7-10-15(13)23/h6-8,10H,2-5,9,11-12H2,1H3,(H,24,27). The molecule has 0 radical (unpaired) electrons. The Morgan fingerprint density at radius 2 is 2.03 bits per heavy atom. The van der Waals surface area contributed by atoms with Crippen molar-refractivity contribution >= 4 is 40.0 Å². The van der Waals surface area contributed by atoms with Crippen LogP contribution in [0.15, 0.2) is 33.9 Å². The molecule has 0 fully saturated rings. The van der Waals surface area contributed by atoms with Crippen LogP contribution in [-0.4, -0.2) is 34.4 Å². The van der Waals surface area contributed by atoms with Crippen molar-refractivity contribution in [1.82, 2.24) is 10.2 Å². The Balaban J connectivity index is 1.44. The lowest BCUT2D eigenvalue weighted by atomic mass is 10.1. The van der Waals surface area contributed by atoms with E-state index in [1.807, 2.05) is 0 Å². The SMILES string of the molecule is CCOC(=O)c1c(NC(=O)CSc2nnc(-c3ccccc3F)o2)sc2c1CCCCC2. The van der Waals surface area contributed by atoms with Gasteiger partial charge in [-0.1, -0.05) is 30.3 Å². The number of thioether (sulfide) groups is 1. The molecule has 32 heavy (non-hydrogen) atoms. The van der Waals surface area contributed by atoms with Crippen molar-refractivity contribution in [2.24, 2.45) is 0 Å². The van der Waals surface area contributed by atoms with Gasteiger partial charge in [-0.2, -0.15) is 0 Å². The number of anilines is 1. The molecule has 10 heteroatoms. The molecule has 0 aliphatic heterocycles. The normalized spacial score (nSPS) is 13.3. The number of hydrogen-bond donors (Lipinski definition) is 1. The lowest BCUT2D eigenvalue weighted by Crippen LogP contribution is -2.16. The fourth-order valence-electron chi connectivity index (χ4n) is 3.55. The molecule has 1 aromatic carbocycles. The molecule has 2 heterocycles. The van der Waals surface area contributed by atoms with Crippen molar-refractivity contribution in [1.29, 1.82) is 0 Å². The second-order valence-electron chi connectivity index (χ2n) is 7.18. The van der Waals surface area contributed by atoms with Crippen molar-refractivity contribution in [3.8, 4) is 11.5 Å². The molecule has 0 atom stereocenters. The molecule has 0 spiro atoms. The number of ether oxygens (including phenoxy) is 1. The summed E-state index contributed by atoms with van der Waals surface area (Å²) in [6.45, 7) is 2.03. The third-order valence-electron chi connectivity index (χ3n) is 4.99. The summed E-state index contributed by atoms with van der Waals surface area (Å²) in [7, 11) is 0. The number of halogens is 1. The van der Waals surface area contributed by atoms with E-state index in [2.05, 4.69) is 15.5 Å². The van der Waals surface area contributed by atoms with E-state index in [1.165, 1.54) is 17.4 Å². The van der Waals surface area contributed by atoms with Crippen LogP contribution >= 0.6 is 23.1 Å². The number of aryl methyl sites for hydroxylation is 1. The number of hydrogen-bond acceptors (Lipinski definition) is 8. The molecule has 4 rings (SSSR count). The summed E-state index contributed by atoms with van der Waals surface area (Å²) < 4.78 is 24.6. The highest BCUT2D eigenvalue weighted by Gasteiger charge is 2.26. The number of carbonyl (C=O) groups is 2. The minimum Gasteiger partial charge on any atom is -0.462 e. The van der Waals surface area contributed by atoms with Gasteiger partial charge >= 0.3 is 5.97 Å². The number of aromatic nitrogens is 2. The zero-order chi connectivity index (χ0) is 22.5. The van der Waals surface area contributed by atoms with Crippen LogP contribution in [0.4, 0.5) is 9.39 Å². The average molecular weight is 476 g/mol. The van der Waals surface area contributed by atoms with E-state index in [1.54, 1.807) is 25.1 Å². The Morgan fingerprint density at radius 1 is 1.22 bits per heavy atom. The van der Waals surface area contributed by atoms with E-state index in [4.69, 9.17) is 9.15 Å². The van der Waals surface area contributed by atoms with Crippen LogP contribution in [0.3, 0.4) is 0 Å². The fraction of sp³-hybridized carbons (Fsp3) is 0.364. The lowest BCUT2D eigenvalue weighted by molar-refractivity contribution is -0.113. The molecule has 168 valence electrons. The van der Waals surface area contributed by atoms with Crippen molar-refractivity contribution < 1.29 is 23.1 Å². The second kappa shape index (κ2) is 10.3. The minimum atomic E-state index is -0.464. The number of nitrogens with zero attached hydrogens (tertiary/aromatic N) is 2. The first-order chi connectivity index (χ1) is 15.6. The van der Waals surface area contributed by atoms with Gasteiger partial charge in [-0.05, 0) is 50.3 Å². The molecule has 1 aliphatic rings. The Labute approximate surface area is 192 Å². The highest BCUT2D eigenvalue weighted by molar-refractivity contribution is 7.99. The number of fused-ring (bicyclic) bond motifs is 1. The molecule has 3 aromatic rings. The first-order valence-corrected chi connectivity index (χ1v) is 12.2. The van der Waals surface area contributed by atoms with Crippen LogP contribution in [0.5, 0.6) is 0 Å². The Bertz CT molecular complexity index is 1130. The molecule has 1 N–H and O–H groups in total. The maximum Gasteiger partial charge on any atom is 0.341 e. The van der Waals surface area contributed by atoms with Crippen LogP contribution in [0, 0.1) is 5.82 Å². The van der Waals surface area contributed by atoms with Gasteiger partial charge in [0.1, 0.15) is 10.8 Å². The quantitative estimate of drug-likeness (QED) is 0.288. The van der Waals surface area contributed by atoms with E-state index in [0.717, 1.165) is 54.3 Å². The number of rotatable bonds is 7. The number of amides is 1. The summed E-state index contributed by atoms with van der Waals surface area (Å²) in [5.74, 6) is -1.11. The van der Waals surface area contributed by atoms with Crippen LogP contribution in [-0.2, 0) is 22.4 Å². The van der Waals surface area contributed by atoms with Gasteiger partial charge in [-0.3, -0.25) is 4.79 Å². The maximum atomic E-state index is 13.9. The van der Waals surface area contributed by atoms with Crippen molar-refractivity contribution in [3.63, 3.8) is 0 Å². The van der Waals surface area contributed by atoms with Gasteiger partial charge in [0.2, 0.25) is 5.91 Å².